The van der Waals surface area contributed by atoms with Gasteiger partial charge in [0.1, 0.15) is 17.7 Å². The van der Waals surface area contributed by atoms with Crippen molar-refractivity contribution in [2.75, 3.05) is 13.1 Å². The van der Waals surface area contributed by atoms with Gasteiger partial charge in [0.2, 0.25) is 5.69 Å². The van der Waals surface area contributed by atoms with Crippen molar-refractivity contribution < 1.29 is 17.5 Å². The van der Waals surface area contributed by atoms with E-state index in [4.69, 9.17) is 22.9 Å². The van der Waals surface area contributed by atoms with Gasteiger partial charge in [0.25, 0.3) is 10.0 Å². The summed E-state index contributed by atoms with van der Waals surface area (Å²) in [4.78, 5) is 6.95. The Morgan fingerprint density at radius 3 is 2.78 bits per heavy atom. The molecule has 0 bridgehead atoms. The van der Waals surface area contributed by atoms with Gasteiger partial charge in [-0.05, 0) is 36.8 Å². The zero-order chi connectivity index (χ0) is 19.6. The summed E-state index contributed by atoms with van der Waals surface area (Å²) in [5.41, 5.74) is 0.653. The highest BCUT2D eigenvalue weighted by molar-refractivity contribution is 7.89. The maximum Gasteiger partial charge on any atom is 0.260 e. The molecule has 0 spiro atoms. The van der Waals surface area contributed by atoms with Gasteiger partial charge in [-0.2, -0.15) is 4.31 Å². The van der Waals surface area contributed by atoms with E-state index < -0.39 is 21.9 Å². The fourth-order valence-corrected chi connectivity index (χ4v) is 4.16. The van der Waals surface area contributed by atoms with Crippen LogP contribution in [0.5, 0.6) is 5.75 Å². The molecular formula is C18H15ClFN3O3S. The molecule has 6 nitrogen and oxygen atoms in total. The second-order valence-electron chi connectivity index (χ2n) is 5.81. The number of hydrogen-bond donors (Lipinski definition) is 0. The number of halogens is 2. The third kappa shape index (κ3) is 3.95. The highest BCUT2D eigenvalue weighted by Crippen LogP contribution is 2.29. The predicted octanol–water partition coefficient (Wildman–Crippen LogP) is 3.82. The number of nitrogens with zero attached hydrogens (tertiary/aromatic N) is 3. The van der Waals surface area contributed by atoms with E-state index >= 15 is 0 Å². The fourth-order valence-electron chi connectivity index (χ4n) is 2.71. The first kappa shape index (κ1) is 19.3. The Labute approximate surface area is 161 Å². The van der Waals surface area contributed by atoms with Crippen LogP contribution in [-0.2, 0) is 10.0 Å². The van der Waals surface area contributed by atoms with E-state index in [-0.39, 0.29) is 29.6 Å². The van der Waals surface area contributed by atoms with E-state index in [0.29, 0.717) is 5.02 Å². The Balaban J connectivity index is 1.82. The molecular weight excluding hydrogens is 393 g/mol. The van der Waals surface area contributed by atoms with Crippen LogP contribution >= 0.6 is 11.6 Å². The molecule has 1 fully saturated rings. The van der Waals surface area contributed by atoms with Crippen molar-refractivity contribution in [3.63, 3.8) is 0 Å². The van der Waals surface area contributed by atoms with Crippen molar-refractivity contribution in [2.45, 2.75) is 18.1 Å². The molecule has 27 heavy (non-hydrogen) atoms. The summed E-state index contributed by atoms with van der Waals surface area (Å²) in [7, 11) is -3.81. The molecule has 3 rings (SSSR count). The summed E-state index contributed by atoms with van der Waals surface area (Å²) in [5, 5.41) is 0.242. The SMILES string of the molecule is [C-]#[N+]c1ccc(O[C@H]2CN(S(=O)(=O)c3ccc(Cl)cn3)C/C2=C\C)cc1F. The average Bonchev–Trinajstić information content (AvgIpc) is 3.06. The van der Waals surface area contributed by atoms with Gasteiger partial charge in [-0.25, -0.2) is 22.6 Å². The van der Waals surface area contributed by atoms with E-state index in [0.717, 1.165) is 11.6 Å². The van der Waals surface area contributed by atoms with Crippen LogP contribution in [0.25, 0.3) is 4.85 Å². The van der Waals surface area contributed by atoms with Crippen molar-refractivity contribution in [1.82, 2.24) is 9.29 Å². The highest BCUT2D eigenvalue weighted by Gasteiger charge is 2.37. The summed E-state index contributed by atoms with van der Waals surface area (Å²) < 4.78 is 46.4. The zero-order valence-electron chi connectivity index (χ0n) is 14.3. The maximum atomic E-state index is 13.8. The topological polar surface area (TPSA) is 63.9 Å². The molecule has 0 saturated carbocycles. The molecule has 1 saturated heterocycles. The first-order valence-electron chi connectivity index (χ1n) is 7.95. The summed E-state index contributed by atoms with van der Waals surface area (Å²) >= 11 is 5.77. The van der Waals surface area contributed by atoms with Crippen LogP contribution in [0, 0.1) is 12.4 Å². The summed E-state index contributed by atoms with van der Waals surface area (Å²) in [6, 6.07) is 6.75. The highest BCUT2D eigenvalue weighted by atomic mass is 35.5. The first-order chi connectivity index (χ1) is 12.8. The molecule has 9 heteroatoms. The van der Waals surface area contributed by atoms with E-state index in [2.05, 4.69) is 9.83 Å². The summed E-state index contributed by atoms with van der Waals surface area (Å²) in [6.07, 6.45) is 2.49. The lowest BCUT2D eigenvalue weighted by Crippen LogP contribution is -2.31. The smallest absolute Gasteiger partial charge is 0.260 e. The number of pyridine rings is 1. The van der Waals surface area contributed by atoms with Crippen LogP contribution in [0.2, 0.25) is 5.02 Å². The molecule has 0 radical (unpaired) electrons. The molecule has 1 aliphatic rings. The van der Waals surface area contributed by atoms with Gasteiger partial charge in [-0.15, -0.1) is 0 Å². The molecule has 0 amide bonds. The average molecular weight is 408 g/mol. The van der Waals surface area contributed by atoms with Gasteiger partial charge >= 0.3 is 0 Å². The molecule has 0 unspecified atom stereocenters. The van der Waals surface area contributed by atoms with E-state index in [1.165, 1.54) is 34.8 Å². The van der Waals surface area contributed by atoms with E-state index in [1.54, 1.807) is 13.0 Å². The lowest BCUT2D eigenvalue weighted by atomic mass is 10.2. The van der Waals surface area contributed by atoms with Crippen LogP contribution in [0.1, 0.15) is 6.92 Å². The van der Waals surface area contributed by atoms with Gasteiger partial charge < -0.3 is 4.74 Å². The largest absolute Gasteiger partial charge is 0.485 e. The third-order valence-corrected chi connectivity index (χ3v) is 6.09. The van der Waals surface area contributed by atoms with Crippen molar-refractivity contribution in [3.05, 3.63) is 70.4 Å². The number of benzene rings is 1. The van der Waals surface area contributed by atoms with Crippen LogP contribution < -0.4 is 4.74 Å². The quantitative estimate of drug-likeness (QED) is 0.571. The van der Waals surface area contributed by atoms with Gasteiger partial charge in [0.15, 0.2) is 5.03 Å². The molecule has 2 aromatic rings. The predicted molar refractivity (Wildman–Crippen MR) is 98.8 cm³/mol. The Morgan fingerprint density at radius 2 is 2.19 bits per heavy atom. The third-order valence-electron chi connectivity index (χ3n) is 4.14. The minimum absolute atomic E-state index is 0.0680. The minimum atomic E-state index is -3.81. The second kappa shape index (κ2) is 7.64. The summed E-state index contributed by atoms with van der Waals surface area (Å²) in [5.74, 6) is -0.453. The lowest BCUT2D eigenvalue weighted by Gasteiger charge is -2.17. The second-order valence-corrected chi connectivity index (χ2v) is 8.13. The molecule has 0 aliphatic carbocycles. The number of sulfonamides is 1. The minimum Gasteiger partial charge on any atom is -0.485 e. The van der Waals surface area contributed by atoms with E-state index in [9.17, 15) is 12.8 Å². The van der Waals surface area contributed by atoms with Crippen molar-refractivity contribution in [2.24, 2.45) is 0 Å². The fraction of sp³-hybridized carbons (Fsp3) is 0.222. The van der Waals surface area contributed by atoms with E-state index in [1.807, 2.05) is 0 Å². The number of aromatic nitrogens is 1. The molecule has 1 atom stereocenters. The van der Waals surface area contributed by atoms with Gasteiger partial charge in [0.05, 0.1) is 18.1 Å². The number of hydrogen-bond acceptors (Lipinski definition) is 4. The van der Waals surface area contributed by atoms with Gasteiger partial charge in [0, 0.05) is 18.8 Å². The van der Waals surface area contributed by atoms with Crippen molar-refractivity contribution in [3.8, 4) is 5.75 Å². The zero-order valence-corrected chi connectivity index (χ0v) is 15.8. The molecule has 2 heterocycles. The van der Waals surface area contributed by atoms with Crippen LogP contribution in [0.3, 0.4) is 0 Å². The summed E-state index contributed by atoms with van der Waals surface area (Å²) in [6.45, 7) is 8.88. The van der Waals surface area contributed by atoms with Crippen LogP contribution in [0.4, 0.5) is 10.1 Å². The van der Waals surface area contributed by atoms with Crippen molar-refractivity contribution in [1.29, 1.82) is 0 Å². The molecule has 0 N–H and O–H groups in total. The van der Waals surface area contributed by atoms with Gasteiger partial charge in [-0.1, -0.05) is 17.7 Å². The molecule has 1 aromatic carbocycles. The number of rotatable bonds is 4. The number of ether oxygens (including phenoxy) is 1. The molecule has 1 aromatic heterocycles. The number of allylic oxidation sites excluding steroid dienone is 1. The molecule has 140 valence electrons. The normalized spacial score (nSPS) is 19.2. The first-order valence-corrected chi connectivity index (χ1v) is 9.77. The van der Waals surface area contributed by atoms with Crippen molar-refractivity contribution >= 4 is 27.3 Å². The van der Waals surface area contributed by atoms with Gasteiger partial charge in [-0.3, -0.25) is 0 Å². The van der Waals surface area contributed by atoms with Crippen LogP contribution in [-0.4, -0.2) is 36.9 Å². The Hall–Kier alpha value is -2.47. The maximum absolute atomic E-state index is 13.8. The standard InChI is InChI=1S/C18H15ClFN3O3S/c1-3-12-10-23(27(24,25)18-7-4-13(19)9-22-18)11-17(12)26-14-5-6-16(21-2)15(20)8-14/h3-9,17H,10-11H2,1H3/b12-3+/t17-/m0/s1. The Bertz CT molecular complexity index is 1030. The lowest BCUT2D eigenvalue weighted by molar-refractivity contribution is 0.240. The molecule has 1 aliphatic heterocycles. The monoisotopic (exact) mass is 407 g/mol. The Morgan fingerprint density at radius 1 is 1.41 bits per heavy atom. The van der Waals surface area contributed by atoms with Crippen LogP contribution in [0.15, 0.2) is 53.2 Å². The Kier molecular flexibility index (Phi) is 5.46.